The first-order chi connectivity index (χ1) is 12.7. The van der Waals surface area contributed by atoms with Gasteiger partial charge in [-0.25, -0.2) is 4.79 Å². The first-order valence-corrected chi connectivity index (χ1v) is 9.54. The summed E-state index contributed by atoms with van der Waals surface area (Å²) in [5.41, 5.74) is 2.24. The molecule has 4 heterocycles. The number of amides is 2. The number of nitrogens with zero attached hydrogens (tertiary/aromatic N) is 4. The number of urea groups is 1. The average Bonchev–Trinajstić information content (AvgIpc) is 3.34. The number of aromatic nitrogens is 2. The van der Waals surface area contributed by atoms with Crippen LogP contribution in [0.4, 0.5) is 4.79 Å². The van der Waals surface area contributed by atoms with Gasteiger partial charge < -0.3 is 14.6 Å². The highest BCUT2D eigenvalue weighted by atomic mass is 16.3. The number of furan rings is 1. The summed E-state index contributed by atoms with van der Waals surface area (Å²) in [6.07, 6.45) is 5.09. The number of hydrogen-bond donors (Lipinski definition) is 1. The number of rotatable bonds is 4. The smallest absolute Gasteiger partial charge is 0.318 e. The number of carbonyl (C=O) groups is 1. The molecule has 1 N–H and O–H groups in total. The topological polar surface area (TPSA) is 66.5 Å². The summed E-state index contributed by atoms with van der Waals surface area (Å²) in [4.78, 5) is 16.9. The highest BCUT2D eigenvalue weighted by molar-refractivity contribution is 5.74. The van der Waals surface area contributed by atoms with E-state index < -0.39 is 0 Å². The van der Waals surface area contributed by atoms with Gasteiger partial charge in [0.15, 0.2) is 0 Å². The molecule has 2 aromatic heterocycles. The number of hydrogen-bond acceptors (Lipinski definition) is 4. The number of fused-ring (bicyclic) bond motifs is 1. The van der Waals surface area contributed by atoms with Crippen molar-refractivity contribution < 1.29 is 9.21 Å². The number of likely N-dealkylation sites (tertiary alicyclic amines) is 1. The minimum atomic E-state index is -0.0502. The van der Waals surface area contributed by atoms with Crippen LogP contribution >= 0.6 is 0 Å². The van der Waals surface area contributed by atoms with Gasteiger partial charge >= 0.3 is 6.03 Å². The van der Waals surface area contributed by atoms with Crippen LogP contribution in [0.5, 0.6) is 0 Å². The molecule has 0 bridgehead atoms. The van der Waals surface area contributed by atoms with Gasteiger partial charge in [0.25, 0.3) is 0 Å². The molecule has 140 valence electrons. The van der Waals surface area contributed by atoms with Crippen LogP contribution < -0.4 is 5.32 Å². The summed E-state index contributed by atoms with van der Waals surface area (Å²) < 4.78 is 7.35. The standard InChI is InChI=1S/C19H27N5O2/c1-15-5-2-7-22(15)13-16-11-17-14-23(8-4-9-24(17)21-16)19(25)20-12-18-6-3-10-26-18/h3,6,10-11,15H,2,4-5,7-9,12-14H2,1H3,(H,20,25). The first-order valence-electron chi connectivity index (χ1n) is 9.54. The predicted octanol–water partition coefficient (Wildman–Crippen LogP) is 2.58. The summed E-state index contributed by atoms with van der Waals surface area (Å²) in [5.74, 6) is 0.764. The lowest BCUT2D eigenvalue weighted by atomic mass is 10.2. The van der Waals surface area contributed by atoms with Crippen LogP contribution in [0.25, 0.3) is 0 Å². The van der Waals surface area contributed by atoms with E-state index in [0.717, 1.165) is 49.7 Å². The van der Waals surface area contributed by atoms with Crippen LogP contribution in [0.3, 0.4) is 0 Å². The van der Waals surface area contributed by atoms with Crippen molar-refractivity contribution >= 4 is 6.03 Å². The van der Waals surface area contributed by atoms with Crippen LogP contribution in [0.15, 0.2) is 28.9 Å². The second-order valence-corrected chi connectivity index (χ2v) is 7.33. The molecule has 1 fully saturated rings. The Hall–Kier alpha value is -2.28. The van der Waals surface area contributed by atoms with Crippen molar-refractivity contribution in [3.05, 3.63) is 41.6 Å². The lowest BCUT2D eigenvalue weighted by Gasteiger charge is -2.20. The lowest BCUT2D eigenvalue weighted by Crippen LogP contribution is -2.39. The van der Waals surface area contributed by atoms with E-state index in [4.69, 9.17) is 9.52 Å². The summed E-state index contributed by atoms with van der Waals surface area (Å²) in [5, 5.41) is 7.73. The molecule has 0 saturated carbocycles. The van der Waals surface area contributed by atoms with Crippen LogP contribution in [-0.2, 0) is 26.2 Å². The van der Waals surface area contributed by atoms with E-state index in [2.05, 4.69) is 27.9 Å². The largest absolute Gasteiger partial charge is 0.467 e. The minimum Gasteiger partial charge on any atom is -0.467 e. The van der Waals surface area contributed by atoms with Crippen molar-refractivity contribution in [3.8, 4) is 0 Å². The highest BCUT2D eigenvalue weighted by Gasteiger charge is 2.24. The number of aryl methyl sites for hydroxylation is 1. The maximum Gasteiger partial charge on any atom is 0.318 e. The molecule has 26 heavy (non-hydrogen) atoms. The van der Waals surface area contributed by atoms with E-state index in [1.807, 2.05) is 17.0 Å². The molecule has 2 aromatic rings. The Morgan fingerprint density at radius 3 is 3.04 bits per heavy atom. The van der Waals surface area contributed by atoms with E-state index in [0.29, 0.717) is 19.1 Å². The Kier molecular flexibility index (Phi) is 4.97. The molecule has 1 unspecified atom stereocenters. The summed E-state index contributed by atoms with van der Waals surface area (Å²) in [6, 6.07) is 6.45. The molecule has 1 saturated heterocycles. The molecule has 7 nitrogen and oxygen atoms in total. The van der Waals surface area contributed by atoms with Gasteiger partial charge in [0, 0.05) is 25.7 Å². The highest BCUT2D eigenvalue weighted by Crippen LogP contribution is 2.21. The molecule has 1 atom stereocenters. The molecule has 4 rings (SSSR count). The van der Waals surface area contributed by atoms with Gasteiger partial charge in [0.2, 0.25) is 0 Å². The van der Waals surface area contributed by atoms with Gasteiger partial charge in [-0.15, -0.1) is 0 Å². The summed E-state index contributed by atoms with van der Waals surface area (Å²) >= 11 is 0. The Morgan fingerprint density at radius 1 is 1.35 bits per heavy atom. The summed E-state index contributed by atoms with van der Waals surface area (Å²) in [7, 11) is 0. The molecule has 0 spiro atoms. The zero-order valence-corrected chi connectivity index (χ0v) is 15.4. The molecule has 0 aliphatic carbocycles. The van der Waals surface area contributed by atoms with Crippen molar-refractivity contribution in [2.45, 2.75) is 58.4 Å². The van der Waals surface area contributed by atoms with Gasteiger partial charge in [-0.3, -0.25) is 9.58 Å². The van der Waals surface area contributed by atoms with Gasteiger partial charge in [-0.1, -0.05) is 0 Å². The first kappa shape index (κ1) is 17.1. The third kappa shape index (κ3) is 3.77. The van der Waals surface area contributed by atoms with Gasteiger partial charge in [0.05, 0.1) is 30.7 Å². The molecule has 7 heteroatoms. The predicted molar refractivity (Wildman–Crippen MR) is 97.3 cm³/mol. The summed E-state index contributed by atoms with van der Waals surface area (Å²) in [6.45, 7) is 6.99. The van der Waals surface area contributed by atoms with Gasteiger partial charge in [-0.05, 0) is 50.9 Å². The lowest BCUT2D eigenvalue weighted by molar-refractivity contribution is 0.194. The fraction of sp³-hybridized carbons (Fsp3) is 0.579. The zero-order valence-electron chi connectivity index (χ0n) is 15.4. The van der Waals surface area contributed by atoms with E-state index in [1.165, 1.54) is 12.8 Å². The zero-order chi connectivity index (χ0) is 17.9. The third-order valence-electron chi connectivity index (χ3n) is 5.40. The molecule has 0 radical (unpaired) electrons. The molecule has 2 aliphatic rings. The van der Waals surface area contributed by atoms with E-state index in [1.54, 1.807) is 6.26 Å². The maximum atomic E-state index is 12.5. The number of carbonyl (C=O) groups excluding carboxylic acids is 1. The van der Waals surface area contributed by atoms with Gasteiger partial charge in [-0.2, -0.15) is 5.10 Å². The normalized spacial score (nSPS) is 20.8. The Morgan fingerprint density at radius 2 is 2.27 bits per heavy atom. The van der Waals surface area contributed by atoms with Crippen LogP contribution in [0.2, 0.25) is 0 Å². The van der Waals surface area contributed by atoms with Crippen molar-refractivity contribution in [3.63, 3.8) is 0 Å². The van der Waals surface area contributed by atoms with Gasteiger partial charge in [0.1, 0.15) is 5.76 Å². The fourth-order valence-electron chi connectivity index (χ4n) is 3.90. The Bertz CT molecular complexity index is 739. The quantitative estimate of drug-likeness (QED) is 0.913. The Labute approximate surface area is 153 Å². The van der Waals surface area contributed by atoms with Crippen LogP contribution in [0, 0.1) is 0 Å². The molecule has 0 aromatic carbocycles. The van der Waals surface area contributed by atoms with Crippen molar-refractivity contribution in [2.24, 2.45) is 0 Å². The van der Waals surface area contributed by atoms with Crippen LogP contribution in [-0.4, -0.2) is 44.7 Å². The van der Waals surface area contributed by atoms with Crippen LogP contribution in [0.1, 0.15) is 43.3 Å². The Balaban J connectivity index is 1.38. The van der Waals surface area contributed by atoms with Crippen molar-refractivity contribution in [2.75, 3.05) is 13.1 Å². The third-order valence-corrected chi connectivity index (χ3v) is 5.40. The monoisotopic (exact) mass is 357 g/mol. The molecule has 2 aliphatic heterocycles. The minimum absolute atomic E-state index is 0.0502. The van der Waals surface area contributed by atoms with E-state index in [9.17, 15) is 4.79 Å². The average molecular weight is 357 g/mol. The maximum absolute atomic E-state index is 12.5. The second-order valence-electron chi connectivity index (χ2n) is 7.33. The van der Waals surface area contributed by atoms with Crippen molar-refractivity contribution in [1.82, 2.24) is 24.9 Å². The second kappa shape index (κ2) is 7.53. The van der Waals surface area contributed by atoms with E-state index >= 15 is 0 Å². The van der Waals surface area contributed by atoms with Crippen molar-refractivity contribution in [1.29, 1.82) is 0 Å². The fourth-order valence-corrected chi connectivity index (χ4v) is 3.90. The molecular weight excluding hydrogens is 330 g/mol. The molecular formula is C19H27N5O2. The SMILES string of the molecule is CC1CCCN1Cc1cc2n(n1)CCCN(C(=O)NCc1ccco1)C2. The number of nitrogens with one attached hydrogen (secondary N) is 1. The molecule has 2 amide bonds. The van der Waals surface area contributed by atoms with E-state index in [-0.39, 0.29) is 6.03 Å².